The highest BCUT2D eigenvalue weighted by molar-refractivity contribution is 7.80. The van der Waals surface area contributed by atoms with Crippen molar-refractivity contribution in [2.75, 3.05) is 0 Å². The van der Waals surface area contributed by atoms with Gasteiger partial charge in [0.15, 0.2) is 5.78 Å². The molecule has 0 fully saturated rings. The highest BCUT2D eigenvalue weighted by atomic mass is 35.5. The van der Waals surface area contributed by atoms with Crippen molar-refractivity contribution in [2.24, 2.45) is 0 Å². The molecule has 0 spiro atoms. The third-order valence-corrected chi connectivity index (χ3v) is 2.35. The van der Waals surface area contributed by atoms with E-state index in [9.17, 15) is 4.79 Å². The van der Waals surface area contributed by atoms with Crippen LogP contribution in [-0.2, 0) is 0 Å². The fourth-order valence-corrected chi connectivity index (χ4v) is 1.57. The number of aryl methyl sites for hydroxylation is 1. The Morgan fingerprint density at radius 1 is 1.54 bits per heavy atom. The Balaban J connectivity index is 3.09. The Hall–Kier alpha value is -0.470. The second kappa shape index (κ2) is 4.16. The largest absolute Gasteiger partial charge is 0.292 e. The number of Topliss-reactive ketones (excluding diaryl/α,β-unsaturated/α-hetero) is 1. The number of carbonyl (C=O) groups excluding carboxylic acids is 1. The summed E-state index contributed by atoms with van der Waals surface area (Å²) < 4.78 is 0. The normalized spacial score (nSPS) is 12.6. The summed E-state index contributed by atoms with van der Waals surface area (Å²) in [6.07, 6.45) is 0. The lowest BCUT2D eigenvalue weighted by atomic mass is 10.1. The maximum Gasteiger partial charge on any atom is 0.181 e. The van der Waals surface area contributed by atoms with Crippen LogP contribution in [0, 0.1) is 6.92 Å². The third kappa shape index (κ3) is 2.48. The fraction of sp³-hybridized carbons (Fsp3) is 0.300. The van der Waals surface area contributed by atoms with E-state index < -0.39 is 5.38 Å². The van der Waals surface area contributed by atoms with Gasteiger partial charge >= 0.3 is 0 Å². The lowest BCUT2D eigenvalue weighted by Crippen LogP contribution is -2.11. The van der Waals surface area contributed by atoms with Crippen molar-refractivity contribution in [3.63, 3.8) is 0 Å². The van der Waals surface area contributed by atoms with Crippen LogP contribution in [0.4, 0.5) is 0 Å². The lowest BCUT2D eigenvalue weighted by molar-refractivity contribution is 0.0989. The van der Waals surface area contributed by atoms with Crippen LogP contribution < -0.4 is 0 Å². The van der Waals surface area contributed by atoms with Crippen LogP contribution >= 0.6 is 24.2 Å². The summed E-state index contributed by atoms with van der Waals surface area (Å²) in [6, 6.07) is 5.50. The van der Waals surface area contributed by atoms with Crippen LogP contribution in [0.1, 0.15) is 22.8 Å². The molecule has 1 unspecified atom stereocenters. The Kier molecular flexibility index (Phi) is 3.40. The molecule has 0 aliphatic heterocycles. The van der Waals surface area contributed by atoms with Gasteiger partial charge in [-0.3, -0.25) is 4.79 Å². The zero-order chi connectivity index (χ0) is 10.0. The molecule has 1 atom stereocenters. The maximum atomic E-state index is 11.5. The average Bonchev–Trinajstić information content (AvgIpc) is 2.03. The van der Waals surface area contributed by atoms with Crippen molar-refractivity contribution in [3.05, 3.63) is 29.3 Å². The molecule has 0 aliphatic rings. The van der Waals surface area contributed by atoms with E-state index in [0.29, 0.717) is 10.5 Å². The minimum atomic E-state index is -0.492. The Morgan fingerprint density at radius 3 is 2.62 bits per heavy atom. The van der Waals surface area contributed by atoms with Crippen LogP contribution in [-0.4, -0.2) is 11.2 Å². The fourth-order valence-electron chi connectivity index (χ4n) is 1.06. The molecule has 70 valence electrons. The van der Waals surface area contributed by atoms with Gasteiger partial charge in [0.1, 0.15) is 0 Å². The van der Waals surface area contributed by atoms with E-state index in [2.05, 4.69) is 12.6 Å². The first-order chi connectivity index (χ1) is 6.02. The smallest absolute Gasteiger partial charge is 0.181 e. The number of carbonyl (C=O) groups is 1. The summed E-state index contributed by atoms with van der Waals surface area (Å²) in [4.78, 5) is 12.2. The molecular formula is C10H11ClOS. The topological polar surface area (TPSA) is 17.1 Å². The van der Waals surface area contributed by atoms with Crippen molar-refractivity contribution in [3.8, 4) is 0 Å². The molecule has 1 aromatic rings. The number of hydrogen-bond donors (Lipinski definition) is 1. The summed E-state index contributed by atoms with van der Waals surface area (Å²) >= 11 is 9.91. The van der Waals surface area contributed by atoms with Crippen molar-refractivity contribution in [1.82, 2.24) is 0 Å². The number of hydrogen-bond acceptors (Lipinski definition) is 2. The second-order valence-electron chi connectivity index (χ2n) is 3.00. The molecule has 0 saturated carbocycles. The average molecular weight is 215 g/mol. The second-order valence-corrected chi connectivity index (χ2v) is 4.14. The molecule has 0 amide bonds. The van der Waals surface area contributed by atoms with Crippen LogP contribution in [0.15, 0.2) is 23.1 Å². The summed E-state index contributed by atoms with van der Waals surface area (Å²) in [5.41, 5.74) is 1.68. The van der Waals surface area contributed by atoms with Crippen molar-refractivity contribution >= 4 is 30.0 Å². The maximum absolute atomic E-state index is 11.5. The molecule has 0 saturated heterocycles. The standard InChI is InChI=1S/C10H11ClOS/c1-6-3-4-8(9(13)5-6)10(12)7(2)11/h3-5,7,13H,1-2H3. The van der Waals surface area contributed by atoms with Gasteiger partial charge in [-0.1, -0.05) is 6.07 Å². The van der Waals surface area contributed by atoms with Crippen molar-refractivity contribution in [2.45, 2.75) is 24.1 Å². The molecule has 0 aliphatic carbocycles. The van der Waals surface area contributed by atoms with Gasteiger partial charge in [0.25, 0.3) is 0 Å². The van der Waals surface area contributed by atoms with E-state index >= 15 is 0 Å². The van der Waals surface area contributed by atoms with Gasteiger partial charge in [-0.25, -0.2) is 0 Å². The van der Waals surface area contributed by atoms with Gasteiger partial charge in [-0.2, -0.15) is 0 Å². The first-order valence-electron chi connectivity index (χ1n) is 4.00. The lowest BCUT2D eigenvalue weighted by Gasteiger charge is -2.06. The number of thiol groups is 1. The number of halogens is 1. The minimum Gasteiger partial charge on any atom is -0.292 e. The monoisotopic (exact) mass is 214 g/mol. The molecule has 3 heteroatoms. The molecule has 1 rings (SSSR count). The number of ketones is 1. The first-order valence-corrected chi connectivity index (χ1v) is 4.88. The van der Waals surface area contributed by atoms with Crippen LogP contribution in [0.5, 0.6) is 0 Å². The van der Waals surface area contributed by atoms with E-state index in [1.807, 2.05) is 19.1 Å². The van der Waals surface area contributed by atoms with E-state index in [1.165, 1.54) is 0 Å². The molecule has 0 bridgehead atoms. The minimum absolute atomic E-state index is 0.0772. The molecule has 0 N–H and O–H groups in total. The zero-order valence-electron chi connectivity index (χ0n) is 7.54. The molecular weight excluding hydrogens is 204 g/mol. The summed E-state index contributed by atoms with van der Waals surface area (Å²) in [6.45, 7) is 3.62. The first kappa shape index (κ1) is 10.6. The Labute approximate surface area is 88.5 Å². The predicted molar refractivity (Wildman–Crippen MR) is 58.1 cm³/mol. The Morgan fingerprint density at radius 2 is 2.15 bits per heavy atom. The van der Waals surface area contributed by atoms with Gasteiger partial charge in [0.2, 0.25) is 0 Å². The summed E-state index contributed by atoms with van der Waals surface area (Å²) in [5, 5.41) is -0.492. The molecule has 1 aromatic carbocycles. The molecule has 0 aromatic heterocycles. The zero-order valence-corrected chi connectivity index (χ0v) is 9.19. The van der Waals surface area contributed by atoms with E-state index in [0.717, 1.165) is 5.56 Å². The number of alkyl halides is 1. The highest BCUT2D eigenvalue weighted by Crippen LogP contribution is 2.18. The van der Waals surface area contributed by atoms with Gasteiger partial charge in [0, 0.05) is 10.5 Å². The quantitative estimate of drug-likeness (QED) is 0.455. The van der Waals surface area contributed by atoms with Gasteiger partial charge in [-0.15, -0.1) is 24.2 Å². The van der Waals surface area contributed by atoms with Gasteiger partial charge < -0.3 is 0 Å². The SMILES string of the molecule is Cc1ccc(C(=O)C(C)Cl)c(S)c1. The third-order valence-electron chi connectivity index (χ3n) is 1.78. The number of benzene rings is 1. The number of rotatable bonds is 2. The van der Waals surface area contributed by atoms with Crippen LogP contribution in [0.3, 0.4) is 0 Å². The van der Waals surface area contributed by atoms with E-state index in [1.54, 1.807) is 13.0 Å². The highest BCUT2D eigenvalue weighted by Gasteiger charge is 2.14. The van der Waals surface area contributed by atoms with E-state index in [4.69, 9.17) is 11.6 Å². The summed E-state index contributed by atoms with van der Waals surface area (Å²) in [7, 11) is 0. The van der Waals surface area contributed by atoms with Crippen LogP contribution in [0.25, 0.3) is 0 Å². The van der Waals surface area contributed by atoms with Crippen molar-refractivity contribution in [1.29, 1.82) is 0 Å². The molecule has 0 radical (unpaired) electrons. The van der Waals surface area contributed by atoms with Crippen LogP contribution in [0.2, 0.25) is 0 Å². The van der Waals surface area contributed by atoms with Gasteiger partial charge in [-0.05, 0) is 31.5 Å². The van der Waals surface area contributed by atoms with Crippen molar-refractivity contribution < 1.29 is 4.79 Å². The Bertz CT molecular complexity index is 334. The van der Waals surface area contributed by atoms with Gasteiger partial charge in [0.05, 0.1) is 5.38 Å². The molecule has 0 heterocycles. The predicted octanol–water partition coefficient (Wildman–Crippen LogP) is 3.09. The van der Waals surface area contributed by atoms with E-state index in [-0.39, 0.29) is 5.78 Å². The molecule has 1 nitrogen and oxygen atoms in total. The summed E-state index contributed by atoms with van der Waals surface area (Å²) in [5.74, 6) is -0.0772. The molecule has 13 heavy (non-hydrogen) atoms.